The van der Waals surface area contributed by atoms with Crippen molar-refractivity contribution >= 4 is 44.5 Å². The highest BCUT2D eigenvalue weighted by molar-refractivity contribution is 9.10. The van der Waals surface area contributed by atoms with E-state index in [4.69, 9.17) is 0 Å². The normalized spacial score (nSPS) is 11.0. The van der Waals surface area contributed by atoms with Gasteiger partial charge < -0.3 is 10.2 Å². The molecule has 0 unspecified atom stereocenters. The summed E-state index contributed by atoms with van der Waals surface area (Å²) < 4.78 is 0.122. The van der Waals surface area contributed by atoms with Gasteiger partial charge in [0.1, 0.15) is 5.75 Å². The molecule has 3 aromatic rings. The van der Waals surface area contributed by atoms with E-state index in [-0.39, 0.29) is 21.3 Å². The molecule has 3 N–H and O–H groups in total. The van der Waals surface area contributed by atoms with Crippen LogP contribution in [0, 0.1) is 10.1 Å². The lowest BCUT2D eigenvalue weighted by molar-refractivity contribution is -0.386. The number of rotatable bonds is 4. The number of phenolic OH excluding ortho intramolecular Hbond substituents is 2. The van der Waals surface area contributed by atoms with Gasteiger partial charge in [0.05, 0.1) is 21.2 Å². The molecule has 27 heavy (non-hydrogen) atoms. The van der Waals surface area contributed by atoms with E-state index in [1.165, 1.54) is 24.4 Å². The molecular weight excluding hydrogens is 418 g/mol. The number of hydrogen-bond donors (Lipinski definition) is 3. The smallest absolute Gasteiger partial charge is 0.312 e. The molecule has 136 valence electrons. The van der Waals surface area contributed by atoms with Crippen LogP contribution in [0.1, 0.15) is 15.9 Å². The fraction of sp³-hybridized carbons (Fsp3) is 0. The largest absolute Gasteiger partial charge is 0.507 e. The number of hydrazone groups is 1. The van der Waals surface area contributed by atoms with Gasteiger partial charge in [-0.25, -0.2) is 5.43 Å². The number of phenols is 2. The first kappa shape index (κ1) is 18.3. The van der Waals surface area contributed by atoms with Gasteiger partial charge in [-0.3, -0.25) is 14.9 Å². The maximum absolute atomic E-state index is 12.3. The maximum atomic E-state index is 12.3. The topological polar surface area (TPSA) is 125 Å². The molecule has 0 saturated heterocycles. The number of benzene rings is 3. The molecule has 8 nitrogen and oxygen atoms in total. The molecule has 0 aliphatic carbocycles. The third-order valence-electron chi connectivity index (χ3n) is 3.75. The van der Waals surface area contributed by atoms with Gasteiger partial charge >= 0.3 is 5.69 Å². The zero-order chi connectivity index (χ0) is 19.6. The highest BCUT2D eigenvalue weighted by Crippen LogP contribution is 2.34. The molecule has 0 radical (unpaired) electrons. The predicted octanol–water partition coefficient (Wildman–Crippen LogP) is 3.69. The molecule has 0 fully saturated rings. The van der Waals surface area contributed by atoms with Gasteiger partial charge in [-0.05, 0) is 44.9 Å². The number of nitrogens with one attached hydrogen (secondary N) is 1. The van der Waals surface area contributed by atoms with Crippen molar-refractivity contribution < 1.29 is 19.9 Å². The Morgan fingerprint density at radius 3 is 2.48 bits per heavy atom. The Labute approximate surface area is 161 Å². The number of halogens is 1. The quantitative estimate of drug-likeness (QED) is 0.331. The number of hydrogen-bond acceptors (Lipinski definition) is 6. The van der Waals surface area contributed by atoms with Crippen LogP contribution in [0.4, 0.5) is 5.69 Å². The van der Waals surface area contributed by atoms with Crippen LogP contribution < -0.4 is 5.43 Å². The molecule has 3 aromatic carbocycles. The molecule has 0 aromatic heterocycles. The molecule has 3 rings (SSSR count). The molecule has 0 atom stereocenters. The number of nitro benzene ring substituents is 1. The van der Waals surface area contributed by atoms with E-state index in [1.807, 2.05) is 24.3 Å². The van der Waals surface area contributed by atoms with Crippen molar-refractivity contribution in [3.05, 3.63) is 74.2 Å². The Bertz CT molecular complexity index is 1100. The Hall–Kier alpha value is -3.46. The highest BCUT2D eigenvalue weighted by Gasteiger charge is 2.17. The van der Waals surface area contributed by atoms with Crippen LogP contribution in [0.25, 0.3) is 10.8 Å². The number of nitrogens with zero attached hydrogens (tertiary/aromatic N) is 2. The summed E-state index contributed by atoms with van der Waals surface area (Å²) in [5.41, 5.74) is 2.09. The van der Waals surface area contributed by atoms with Crippen LogP contribution in [-0.2, 0) is 0 Å². The van der Waals surface area contributed by atoms with Crippen LogP contribution in [-0.4, -0.2) is 27.3 Å². The molecule has 0 aliphatic rings. The summed E-state index contributed by atoms with van der Waals surface area (Å²) in [7, 11) is 0. The summed E-state index contributed by atoms with van der Waals surface area (Å²) in [6.45, 7) is 0. The Morgan fingerprint density at radius 1 is 1.15 bits per heavy atom. The fourth-order valence-electron chi connectivity index (χ4n) is 2.45. The average Bonchev–Trinajstić information content (AvgIpc) is 2.63. The monoisotopic (exact) mass is 429 g/mol. The average molecular weight is 430 g/mol. The summed E-state index contributed by atoms with van der Waals surface area (Å²) >= 11 is 3.02. The van der Waals surface area contributed by atoms with E-state index < -0.39 is 22.3 Å². The van der Waals surface area contributed by atoms with Crippen molar-refractivity contribution in [3.8, 4) is 11.5 Å². The highest BCUT2D eigenvalue weighted by atomic mass is 79.9. The van der Waals surface area contributed by atoms with Gasteiger partial charge in [0.2, 0.25) is 5.75 Å². The first-order chi connectivity index (χ1) is 12.9. The predicted molar refractivity (Wildman–Crippen MR) is 103 cm³/mol. The first-order valence-electron chi connectivity index (χ1n) is 7.59. The van der Waals surface area contributed by atoms with Crippen LogP contribution in [0.5, 0.6) is 11.5 Å². The number of amides is 1. The number of carbonyl (C=O) groups excluding carboxylic acids is 1. The molecule has 0 heterocycles. The van der Waals surface area contributed by atoms with Gasteiger partial charge in [0, 0.05) is 11.6 Å². The van der Waals surface area contributed by atoms with Crippen molar-refractivity contribution in [2.24, 2.45) is 5.10 Å². The minimum absolute atomic E-state index is 0.0451. The standard InChI is InChI=1S/C18H12BrN3O5/c19-14-5-10(6-15(17(14)24)22(26)27)9-20-21-18(25)13-7-11-3-1-2-4-12(11)8-16(13)23/h1-9,23-24H,(H,21,25)/b20-9+. The summed E-state index contributed by atoms with van der Waals surface area (Å²) in [5.74, 6) is -1.33. The molecular formula is C18H12BrN3O5. The van der Waals surface area contributed by atoms with Gasteiger partial charge in [-0.2, -0.15) is 5.10 Å². The van der Waals surface area contributed by atoms with Crippen LogP contribution in [0.2, 0.25) is 0 Å². The van der Waals surface area contributed by atoms with Crippen molar-refractivity contribution in [1.29, 1.82) is 0 Å². The van der Waals surface area contributed by atoms with Gasteiger partial charge in [0.15, 0.2) is 0 Å². The minimum Gasteiger partial charge on any atom is -0.507 e. The lowest BCUT2D eigenvalue weighted by atomic mass is 10.1. The molecule has 0 saturated carbocycles. The summed E-state index contributed by atoms with van der Waals surface area (Å²) in [5, 5.41) is 35.9. The second kappa shape index (κ2) is 7.42. The van der Waals surface area contributed by atoms with E-state index in [1.54, 1.807) is 0 Å². The zero-order valence-electron chi connectivity index (χ0n) is 13.6. The van der Waals surface area contributed by atoms with Crippen molar-refractivity contribution in [2.45, 2.75) is 0 Å². The van der Waals surface area contributed by atoms with Gasteiger partial charge in [0.25, 0.3) is 5.91 Å². The van der Waals surface area contributed by atoms with E-state index >= 15 is 0 Å². The maximum Gasteiger partial charge on any atom is 0.312 e. The summed E-state index contributed by atoms with van der Waals surface area (Å²) in [4.78, 5) is 22.4. The molecule has 9 heteroatoms. The Kier molecular flexibility index (Phi) is 5.04. The summed E-state index contributed by atoms with van der Waals surface area (Å²) in [6.07, 6.45) is 1.19. The third-order valence-corrected chi connectivity index (χ3v) is 4.36. The molecule has 1 amide bonds. The van der Waals surface area contributed by atoms with Crippen molar-refractivity contribution in [1.82, 2.24) is 5.43 Å². The first-order valence-corrected chi connectivity index (χ1v) is 8.38. The Balaban J connectivity index is 1.82. The van der Waals surface area contributed by atoms with E-state index in [0.29, 0.717) is 0 Å². The van der Waals surface area contributed by atoms with Crippen LogP contribution in [0.15, 0.2) is 58.1 Å². The van der Waals surface area contributed by atoms with Gasteiger partial charge in [-0.15, -0.1) is 0 Å². The van der Waals surface area contributed by atoms with Crippen LogP contribution in [0.3, 0.4) is 0 Å². The number of carbonyl (C=O) groups is 1. The molecule has 0 bridgehead atoms. The lowest BCUT2D eigenvalue weighted by Gasteiger charge is -2.06. The SMILES string of the molecule is O=C(N/N=C/c1cc(Br)c(O)c([N+](=O)[O-])c1)c1cc2ccccc2cc1O. The zero-order valence-corrected chi connectivity index (χ0v) is 15.2. The van der Waals surface area contributed by atoms with Gasteiger partial charge in [-0.1, -0.05) is 24.3 Å². The second-order valence-corrected chi connectivity index (χ2v) is 6.40. The number of nitro groups is 1. The fourth-order valence-corrected chi connectivity index (χ4v) is 2.92. The number of aromatic hydroxyl groups is 2. The Morgan fingerprint density at radius 2 is 1.81 bits per heavy atom. The lowest BCUT2D eigenvalue weighted by Crippen LogP contribution is -2.17. The van der Waals surface area contributed by atoms with E-state index in [0.717, 1.165) is 16.8 Å². The number of fused-ring (bicyclic) bond motifs is 1. The molecule has 0 spiro atoms. The van der Waals surface area contributed by atoms with Crippen molar-refractivity contribution in [3.63, 3.8) is 0 Å². The van der Waals surface area contributed by atoms with E-state index in [9.17, 15) is 25.1 Å². The van der Waals surface area contributed by atoms with Crippen LogP contribution >= 0.6 is 15.9 Å². The third kappa shape index (κ3) is 3.87. The second-order valence-electron chi connectivity index (χ2n) is 5.54. The summed E-state index contributed by atoms with van der Waals surface area (Å²) in [6, 6.07) is 12.8. The van der Waals surface area contributed by atoms with E-state index in [2.05, 4.69) is 26.5 Å². The minimum atomic E-state index is -0.733. The molecule has 0 aliphatic heterocycles. The van der Waals surface area contributed by atoms with Crippen molar-refractivity contribution in [2.75, 3.05) is 0 Å².